The number of carbonyl (C=O) groups excluding carboxylic acids is 1. The van der Waals surface area contributed by atoms with Crippen LogP contribution in [-0.4, -0.2) is 36.9 Å². The van der Waals surface area contributed by atoms with Crippen LogP contribution >= 0.6 is 0 Å². The average molecular weight is 282 g/mol. The molecule has 1 unspecified atom stereocenters. The topological polar surface area (TPSA) is 87.7 Å². The molecule has 1 atom stereocenters. The van der Waals surface area contributed by atoms with Gasteiger partial charge in [0.15, 0.2) is 0 Å². The number of urea groups is 1. The van der Waals surface area contributed by atoms with Crippen molar-refractivity contribution in [3.8, 4) is 0 Å². The number of hydrogen-bond donors (Lipinski definition) is 3. The van der Waals surface area contributed by atoms with Gasteiger partial charge in [-0.3, -0.25) is 0 Å². The van der Waals surface area contributed by atoms with Crippen LogP contribution in [0.25, 0.3) is 0 Å². The molecule has 6 nitrogen and oxygen atoms in total. The van der Waals surface area contributed by atoms with E-state index in [0.717, 1.165) is 24.6 Å². The summed E-state index contributed by atoms with van der Waals surface area (Å²) >= 11 is 0. The zero-order chi connectivity index (χ0) is 14.5. The maximum absolute atomic E-state index is 13.1. The van der Waals surface area contributed by atoms with Crippen molar-refractivity contribution in [2.24, 2.45) is 5.92 Å². The van der Waals surface area contributed by atoms with E-state index in [0.29, 0.717) is 19.8 Å². The van der Waals surface area contributed by atoms with Crippen molar-refractivity contribution in [3.63, 3.8) is 0 Å². The number of hydrogen-bond acceptors (Lipinski definition) is 3. The van der Waals surface area contributed by atoms with Crippen LogP contribution in [0.2, 0.25) is 0 Å². The quantitative estimate of drug-likeness (QED) is 0.784. The van der Waals surface area contributed by atoms with Crippen molar-refractivity contribution in [1.29, 1.82) is 0 Å². The highest BCUT2D eigenvalue weighted by atomic mass is 19.1. The van der Waals surface area contributed by atoms with Gasteiger partial charge in [-0.25, -0.2) is 14.0 Å². The lowest BCUT2D eigenvalue weighted by molar-refractivity contribution is 0.0698. The van der Waals surface area contributed by atoms with Gasteiger partial charge in [-0.15, -0.1) is 0 Å². The third-order valence-corrected chi connectivity index (χ3v) is 3.04. The highest BCUT2D eigenvalue weighted by Gasteiger charge is 2.17. The molecule has 7 heteroatoms. The van der Waals surface area contributed by atoms with Gasteiger partial charge in [-0.2, -0.15) is 0 Å². The molecular formula is C13H15FN2O4. The largest absolute Gasteiger partial charge is 0.478 e. The van der Waals surface area contributed by atoms with E-state index >= 15 is 0 Å². The van der Waals surface area contributed by atoms with Gasteiger partial charge in [0.05, 0.1) is 17.9 Å². The number of benzene rings is 1. The smallest absolute Gasteiger partial charge is 0.337 e. The fourth-order valence-corrected chi connectivity index (χ4v) is 1.95. The molecule has 20 heavy (non-hydrogen) atoms. The first-order chi connectivity index (χ1) is 9.56. The van der Waals surface area contributed by atoms with E-state index in [9.17, 15) is 14.0 Å². The van der Waals surface area contributed by atoms with Gasteiger partial charge in [0.1, 0.15) is 5.82 Å². The molecular weight excluding hydrogens is 267 g/mol. The first kappa shape index (κ1) is 14.3. The highest BCUT2D eigenvalue weighted by molar-refractivity contribution is 5.99. The van der Waals surface area contributed by atoms with Crippen LogP contribution in [-0.2, 0) is 4.74 Å². The molecule has 0 aromatic heterocycles. The number of nitrogens with one attached hydrogen (secondary N) is 2. The van der Waals surface area contributed by atoms with Crippen LogP contribution in [0.15, 0.2) is 18.2 Å². The molecule has 0 spiro atoms. The number of carboxylic acids is 1. The highest BCUT2D eigenvalue weighted by Crippen LogP contribution is 2.17. The molecule has 3 N–H and O–H groups in total. The first-order valence-corrected chi connectivity index (χ1v) is 6.21. The number of carboxylic acid groups (broad SMARTS) is 1. The summed E-state index contributed by atoms with van der Waals surface area (Å²) in [4.78, 5) is 22.6. The molecule has 2 amide bonds. The van der Waals surface area contributed by atoms with E-state index in [-0.39, 0.29) is 17.2 Å². The number of anilines is 1. The third-order valence-electron chi connectivity index (χ3n) is 3.04. The summed E-state index contributed by atoms with van der Waals surface area (Å²) < 4.78 is 18.3. The Balaban J connectivity index is 1.96. The maximum atomic E-state index is 13.1. The minimum atomic E-state index is -1.23. The lowest BCUT2D eigenvalue weighted by Crippen LogP contribution is -2.33. The number of ether oxygens (including phenoxy) is 1. The summed E-state index contributed by atoms with van der Waals surface area (Å²) in [7, 11) is 0. The Labute approximate surface area is 114 Å². The van der Waals surface area contributed by atoms with Gasteiger partial charge >= 0.3 is 12.0 Å². The van der Waals surface area contributed by atoms with Crippen LogP contribution in [0.5, 0.6) is 0 Å². The second-order valence-electron chi connectivity index (χ2n) is 4.56. The zero-order valence-electron chi connectivity index (χ0n) is 10.7. The lowest BCUT2D eigenvalue weighted by Gasteiger charge is -2.12. The molecule has 1 heterocycles. The van der Waals surface area contributed by atoms with Gasteiger partial charge in [-0.05, 0) is 24.6 Å². The van der Waals surface area contributed by atoms with Crippen molar-refractivity contribution in [2.45, 2.75) is 6.42 Å². The summed E-state index contributed by atoms with van der Waals surface area (Å²) in [6.45, 7) is 1.71. The molecule has 0 radical (unpaired) electrons. The standard InChI is InChI=1S/C13H15FN2O4/c14-9-1-2-10(12(17)18)11(5-9)16-13(19)15-6-8-3-4-20-7-8/h1-2,5,8H,3-4,6-7H2,(H,17,18)(H2,15,16,19). The van der Waals surface area contributed by atoms with Crippen molar-refractivity contribution in [2.75, 3.05) is 25.1 Å². The summed E-state index contributed by atoms with van der Waals surface area (Å²) in [5, 5.41) is 13.9. The zero-order valence-corrected chi connectivity index (χ0v) is 10.7. The number of halogens is 1. The molecule has 1 aliphatic heterocycles. The summed E-state index contributed by atoms with van der Waals surface area (Å²) in [5.41, 5.74) is -0.233. The predicted molar refractivity (Wildman–Crippen MR) is 69.3 cm³/mol. The van der Waals surface area contributed by atoms with Crippen LogP contribution in [0.3, 0.4) is 0 Å². The SMILES string of the molecule is O=C(NCC1CCOC1)Nc1cc(F)ccc1C(=O)O. The Kier molecular flexibility index (Phi) is 4.52. The maximum Gasteiger partial charge on any atom is 0.337 e. The lowest BCUT2D eigenvalue weighted by atomic mass is 10.1. The Morgan fingerprint density at radius 1 is 1.45 bits per heavy atom. The van der Waals surface area contributed by atoms with Crippen LogP contribution in [0.1, 0.15) is 16.8 Å². The molecule has 108 valence electrons. The summed E-state index contributed by atoms with van der Waals surface area (Å²) in [6.07, 6.45) is 0.876. The van der Waals surface area contributed by atoms with Crippen molar-refractivity contribution in [1.82, 2.24) is 5.32 Å². The van der Waals surface area contributed by atoms with Crippen LogP contribution in [0.4, 0.5) is 14.9 Å². The number of carbonyl (C=O) groups is 2. The molecule has 1 fully saturated rings. The Morgan fingerprint density at radius 3 is 2.90 bits per heavy atom. The van der Waals surface area contributed by atoms with Gasteiger partial charge < -0.3 is 20.5 Å². The molecule has 1 saturated heterocycles. The fourth-order valence-electron chi connectivity index (χ4n) is 1.95. The van der Waals surface area contributed by atoms with Gasteiger partial charge in [0.2, 0.25) is 0 Å². The van der Waals surface area contributed by atoms with E-state index in [4.69, 9.17) is 9.84 Å². The molecule has 0 saturated carbocycles. The van der Waals surface area contributed by atoms with E-state index in [2.05, 4.69) is 10.6 Å². The monoisotopic (exact) mass is 282 g/mol. The third kappa shape index (κ3) is 3.67. The van der Waals surface area contributed by atoms with E-state index < -0.39 is 17.8 Å². The normalized spacial score (nSPS) is 17.8. The Morgan fingerprint density at radius 2 is 2.25 bits per heavy atom. The van der Waals surface area contributed by atoms with Crippen molar-refractivity contribution < 1.29 is 23.8 Å². The second-order valence-corrected chi connectivity index (χ2v) is 4.56. The molecule has 2 rings (SSSR count). The van der Waals surface area contributed by atoms with E-state index in [1.165, 1.54) is 0 Å². The number of amides is 2. The molecule has 1 aromatic carbocycles. The van der Waals surface area contributed by atoms with Gasteiger partial charge in [-0.1, -0.05) is 0 Å². The molecule has 0 bridgehead atoms. The Hall–Kier alpha value is -2.15. The minimum absolute atomic E-state index is 0.0716. The van der Waals surface area contributed by atoms with Crippen molar-refractivity contribution >= 4 is 17.7 Å². The number of aromatic carboxylic acids is 1. The molecule has 0 aliphatic carbocycles. The predicted octanol–water partition coefficient (Wildman–Crippen LogP) is 1.68. The van der Waals surface area contributed by atoms with Crippen LogP contribution in [0, 0.1) is 11.7 Å². The molecule has 1 aromatic rings. The molecule has 1 aliphatic rings. The second kappa shape index (κ2) is 6.33. The first-order valence-electron chi connectivity index (χ1n) is 6.21. The van der Waals surface area contributed by atoms with E-state index in [1.807, 2.05) is 0 Å². The number of rotatable bonds is 4. The van der Waals surface area contributed by atoms with E-state index in [1.54, 1.807) is 0 Å². The average Bonchev–Trinajstić information content (AvgIpc) is 2.89. The van der Waals surface area contributed by atoms with Gasteiger partial charge in [0.25, 0.3) is 0 Å². The fraction of sp³-hybridized carbons (Fsp3) is 0.385. The summed E-state index contributed by atoms with van der Waals surface area (Å²) in [5.74, 6) is -1.59. The summed E-state index contributed by atoms with van der Waals surface area (Å²) in [6, 6.07) is 2.55. The van der Waals surface area contributed by atoms with Gasteiger partial charge in [0, 0.05) is 19.1 Å². The Bertz CT molecular complexity index is 515. The van der Waals surface area contributed by atoms with Crippen LogP contribution < -0.4 is 10.6 Å². The minimum Gasteiger partial charge on any atom is -0.478 e. The van der Waals surface area contributed by atoms with Crippen molar-refractivity contribution in [3.05, 3.63) is 29.6 Å².